The zero-order chi connectivity index (χ0) is 20.5. The first-order chi connectivity index (χ1) is 14.0. The van der Waals surface area contributed by atoms with Crippen molar-refractivity contribution in [2.24, 2.45) is 0 Å². The molecule has 0 fully saturated rings. The molecule has 2 heterocycles. The normalized spacial score (nSPS) is 11.0. The number of aromatic amines is 1. The smallest absolute Gasteiger partial charge is 0.266 e. The molecule has 0 unspecified atom stereocenters. The van der Waals surface area contributed by atoms with Gasteiger partial charge in [-0.15, -0.1) is 0 Å². The van der Waals surface area contributed by atoms with Crippen molar-refractivity contribution in [1.29, 1.82) is 0 Å². The molecule has 0 radical (unpaired) electrons. The SMILES string of the molecule is CCc1cccc(NC(=O)c2c(O)c3cnn(-c4ccc(Cl)cc4)c3[nH]c2=O)c1. The first-order valence-corrected chi connectivity index (χ1v) is 9.35. The molecule has 7 nitrogen and oxygen atoms in total. The molecule has 2 aromatic heterocycles. The van der Waals surface area contributed by atoms with Crippen molar-refractivity contribution >= 4 is 34.2 Å². The van der Waals surface area contributed by atoms with Gasteiger partial charge in [-0.1, -0.05) is 30.7 Å². The Labute approximate surface area is 170 Å². The number of aromatic nitrogens is 3. The van der Waals surface area contributed by atoms with E-state index in [2.05, 4.69) is 15.4 Å². The summed E-state index contributed by atoms with van der Waals surface area (Å²) in [6.45, 7) is 2.00. The molecule has 0 aliphatic rings. The summed E-state index contributed by atoms with van der Waals surface area (Å²) >= 11 is 5.91. The Morgan fingerprint density at radius 2 is 2.00 bits per heavy atom. The lowest BCUT2D eigenvalue weighted by Gasteiger charge is -2.09. The van der Waals surface area contributed by atoms with Gasteiger partial charge in [-0.25, -0.2) is 4.68 Å². The van der Waals surface area contributed by atoms with E-state index in [4.69, 9.17) is 11.6 Å². The van der Waals surface area contributed by atoms with Gasteiger partial charge in [0.05, 0.1) is 17.3 Å². The van der Waals surface area contributed by atoms with E-state index >= 15 is 0 Å². The Balaban J connectivity index is 1.75. The van der Waals surface area contributed by atoms with Crippen LogP contribution in [0.1, 0.15) is 22.8 Å². The zero-order valence-electron chi connectivity index (χ0n) is 15.4. The molecule has 1 amide bonds. The van der Waals surface area contributed by atoms with Crippen LogP contribution in [0, 0.1) is 0 Å². The monoisotopic (exact) mass is 408 g/mol. The zero-order valence-corrected chi connectivity index (χ0v) is 16.2. The van der Waals surface area contributed by atoms with Gasteiger partial charge in [0.2, 0.25) is 0 Å². The fourth-order valence-electron chi connectivity index (χ4n) is 3.11. The number of nitrogens with zero attached hydrogens (tertiary/aromatic N) is 2. The molecule has 29 heavy (non-hydrogen) atoms. The van der Waals surface area contributed by atoms with Crippen molar-refractivity contribution in [2.45, 2.75) is 13.3 Å². The standard InChI is InChI=1S/C21H17ClN4O3/c1-2-12-4-3-5-14(10-12)24-20(28)17-18(27)16-11-23-26(19(16)25-21(17)29)15-8-6-13(22)7-9-15/h3-11H,2H2,1H3,(H,24,28)(H2,25,27,29). The molecule has 0 bridgehead atoms. The number of benzene rings is 2. The van der Waals surface area contributed by atoms with E-state index in [9.17, 15) is 14.7 Å². The minimum atomic E-state index is -0.713. The van der Waals surface area contributed by atoms with Crippen molar-refractivity contribution in [3.8, 4) is 11.4 Å². The molecule has 0 spiro atoms. The van der Waals surface area contributed by atoms with E-state index in [0.717, 1.165) is 12.0 Å². The van der Waals surface area contributed by atoms with Crippen molar-refractivity contribution in [3.05, 3.63) is 81.2 Å². The molecule has 8 heteroatoms. The number of amides is 1. The third-order valence-electron chi connectivity index (χ3n) is 4.61. The molecule has 0 saturated heterocycles. The van der Waals surface area contributed by atoms with Crippen LogP contribution in [0.4, 0.5) is 5.69 Å². The van der Waals surface area contributed by atoms with Crippen molar-refractivity contribution in [1.82, 2.24) is 14.8 Å². The quantitative estimate of drug-likeness (QED) is 0.477. The third kappa shape index (κ3) is 3.48. The maximum atomic E-state index is 12.7. The molecule has 4 rings (SSSR count). The lowest BCUT2D eigenvalue weighted by atomic mass is 10.1. The van der Waals surface area contributed by atoms with Gasteiger partial charge in [0.15, 0.2) is 0 Å². The number of anilines is 1. The fraction of sp³-hybridized carbons (Fsp3) is 0.0952. The number of nitrogens with one attached hydrogen (secondary N) is 2. The van der Waals surface area contributed by atoms with E-state index in [0.29, 0.717) is 16.4 Å². The summed E-state index contributed by atoms with van der Waals surface area (Å²) < 4.78 is 1.46. The van der Waals surface area contributed by atoms with Crippen LogP contribution in [0.5, 0.6) is 5.75 Å². The van der Waals surface area contributed by atoms with Gasteiger partial charge in [0.25, 0.3) is 11.5 Å². The number of fused-ring (bicyclic) bond motifs is 1. The largest absolute Gasteiger partial charge is 0.506 e. The van der Waals surface area contributed by atoms with Crippen LogP contribution >= 0.6 is 11.6 Å². The third-order valence-corrected chi connectivity index (χ3v) is 4.86. The Bertz CT molecular complexity index is 1280. The lowest BCUT2D eigenvalue weighted by molar-refractivity contribution is 0.102. The molecule has 0 saturated carbocycles. The first-order valence-electron chi connectivity index (χ1n) is 8.97. The molecule has 2 aromatic carbocycles. The predicted octanol–water partition coefficient (Wildman–Crippen LogP) is 3.89. The van der Waals surface area contributed by atoms with Crippen LogP contribution in [0.2, 0.25) is 5.02 Å². The number of aromatic hydroxyl groups is 1. The van der Waals surface area contributed by atoms with Gasteiger partial charge in [0.1, 0.15) is 17.0 Å². The Morgan fingerprint density at radius 3 is 2.72 bits per heavy atom. The molecule has 146 valence electrons. The second-order valence-corrected chi connectivity index (χ2v) is 6.92. The second kappa shape index (κ2) is 7.44. The minimum Gasteiger partial charge on any atom is -0.506 e. The average Bonchev–Trinajstić information content (AvgIpc) is 3.12. The van der Waals surface area contributed by atoms with E-state index in [1.165, 1.54) is 10.9 Å². The van der Waals surface area contributed by atoms with Crippen LogP contribution in [-0.4, -0.2) is 25.8 Å². The summed E-state index contributed by atoms with van der Waals surface area (Å²) in [5.41, 5.74) is 1.43. The van der Waals surface area contributed by atoms with Crippen LogP contribution in [0.15, 0.2) is 59.5 Å². The maximum Gasteiger partial charge on any atom is 0.266 e. The van der Waals surface area contributed by atoms with Crippen molar-refractivity contribution in [2.75, 3.05) is 5.32 Å². The number of carbonyl (C=O) groups is 1. The van der Waals surface area contributed by atoms with Crippen LogP contribution in [0.25, 0.3) is 16.7 Å². The summed E-state index contributed by atoms with van der Waals surface area (Å²) in [5, 5.41) is 18.3. The van der Waals surface area contributed by atoms with Gasteiger partial charge in [-0.05, 0) is 48.4 Å². The summed E-state index contributed by atoms with van der Waals surface area (Å²) in [7, 11) is 0. The highest BCUT2D eigenvalue weighted by Crippen LogP contribution is 2.27. The molecular weight excluding hydrogens is 392 g/mol. The number of hydrogen-bond donors (Lipinski definition) is 3. The summed E-state index contributed by atoms with van der Waals surface area (Å²) in [5.74, 6) is -1.12. The summed E-state index contributed by atoms with van der Waals surface area (Å²) in [6, 6.07) is 14.1. The van der Waals surface area contributed by atoms with Crippen LogP contribution < -0.4 is 10.9 Å². The molecule has 0 aliphatic carbocycles. The number of aryl methyl sites for hydroxylation is 1. The number of carbonyl (C=O) groups excluding carboxylic acids is 1. The molecule has 0 aliphatic heterocycles. The Morgan fingerprint density at radius 1 is 1.24 bits per heavy atom. The predicted molar refractivity (Wildman–Crippen MR) is 112 cm³/mol. The van der Waals surface area contributed by atoms with Gasteiger partial charge in [-0.2, -0.15) is 5.10 Å². The Kier molecular flexibility index (Phi) is 4.82. The topological polar surface area (TPSA) is 100 Å². The molecule has 4 aromatic rings. The van der Waals surface area contributed by atoms with E-state index in [-0.39, 0.29) is 16.6 Å². The van der Waals surface area contributed by atoms with Gasteiger partial charge in [-0.3, -0.25) is 9.59 Å². The number of pyridine rings is 1. The number of halogens is 1. The molecule has 0 atom stereocenters. The van der Waals surface area contributed by atoms with Gasteiger partial charge < -0.3 is 15.4 Å². The second-order valence-electron chi connectivity index (χ2n) is 6.48. The van der Waals surface area contributed by atoms with Crippen molar-refractivity contribution in [3.63, 3.8) is 0 Å². The number of rotatable bonds is 4. The highest BCUT2D eigenvalue weighted by Gasteiger charge is 2.22. The highest BCUT2D eigenvalue weighted by molar-refractivity contribution is 6.30. The van der Waals surface area contributed by atoms with E-state index in [1.807, 2.05) is 25.1 Å². The number of hydrogen-bond acceptors (Lipinski definition) is 4. The molecular formula is C21H17ClN4O3. The number of H-pyrrole nitrogens is 1. The van der Waals surface area contributed by atoms with Crippen LogP contribution in [0.3, 0.4) is 0 Å². The van der Waals surface area contributed by atoms with Gasteiger partial charge >= 0.3 is 0 Å². The van der Waals surface area contributed by atoms with E-state index < -0.39 is 17.2 Å². The average molecular weight is 409 g/mol. The summed E-state index contributed by atoms with van der Waals surface area (Å²) in [6.07, 6.45) is 2.20. The van der Waals surface area contributed by atoms with E-state index in [1.54, 1.807) is 30.3 Å². The first kappa shape index (κ1) is 18.8. The highest BCUT2D eigenvalue weighted by atomic mass is 35.5. The van der Waals surface area contributed by atoms with Crippen molar-refractivity contribution < 1.29 is 9.90 Å². The maximum absolute atomic E-state index is 12.7. The Hall–Kier alpha value is -3.58. The minimum absolute atomic E-state index is 0.256. The summed E-state index contributed by atoms with van der Waals surface area (Å²) in [4.78, 5) is 27.9. The van der Waals surface area contributed by atoms with Crippen LogP contribution in [-0.2, 0) is 6.42 Å². The van der Waals surface area contributed by atoms with Gasteiger partial charge in [0, 0.05) is 10.7 Å². The molecule has 3 N–H and O–H groups in total. The fourth-order valence-corrected chi connectivity index (χ4v) is 3.23. The lowest BCUT2D eigenvalue weighted by Crippen LogP contribution is -2.23.